The van der Waals surface area contributed by atoms with Gasteiger partial charge in [0.1, 0.15) is 0 Å². The molecule has 0 aromatic carbocycles. The number of nitrogens with one attached hydrogen (secondary N) is 1. The molecule has 13 heavy (non-hydrogen) atoms. The first-order valence-corrected chi connectivity index (χ1v) is 4.91. The summed E-state index contributed by atoms with van der Waals surface area (Å²) in [6.45, 7) is 7.11. The maximum atomic E-state index is 5.68. The Kier molecular flexibility index (Phi) is 4.12. The second-order valence-electron chi connectivity index (χ2n) is 4.11. The zero-order valence-electron chi connectivity index (χ0n) is 8.79. The smallest absolute Gasteiger partial charge is 0.0871 e. The summed E-state index contributed by atoms with van der Waals surface area (Å²) in [4.78, 5) is 2.28. The molecule has 0 aromatic heterocycles. The molecule has 0 amide bonds. The molecule has 4 nitrogen and oxygen atoms in total. The maximum Gasteiger partial charge on any atom is 0.0871 e. The SMILES string of the molecule is CC(C)C(NN)C1CN(C)CCO1. The minimum absolute atomic E-state index is 0.226. The lowest BCUT2D eigenvalue weighted by molar-refractivity contribution is -0.0466. The van der Waals surface area contributed by atoms with E-state index in [9.17, 15) is 0 Å². The fraction of sp³-hybridized carbons (Fsp3) is 1.00. The first-order valence-electron chi connectivity index (χ1n) is 4.91. The molecule has 0 aromatic rings. The van der Waals surface area contributed by atoms with Crippen LogP contribution in [0.3, 0.4) is 0 Å². The van der Waals surface area contributed by atoms with Crippen molar-refractivity contribution in [2.24, 2.45) is 11.8 Å². The van der Waals surface area contributed by atoms with Gasteiger partial charge in [-0.2, -0.15) is 0 Å². The second-order valence-corrected chi connectivity index (χ2v) is 4.11. The molecule has 1 fully saturated rings. The van der Waals surface area contributed by atoms with Crippen LogP contribution in [0.4, 0.5) is 0 Å². The number of nitrogens with two attached hydrogens (primary N) is 1. The van der Waals surface area contributed by atoms with Crippen LogP contribution in [-0.2, 0) is 4.74 Å². The van der Waals surface area contributed by atoms with E-state index >= 15 is 0 Å². The van der Waals surface area contributed by atoms with Crippen molar-refractivity contribution in [1.29, 1.82) is 0 Å². The van der Waals surface area contributed by atoms with Crippen molar-refractivity contribution in [3.05, 3.63) is 0 Å². The monoisotopic (exact) mass is 187 g/mol. The molecule has 0 spiro atoms. The summed E-state index contributed by atoms with van der Waals surface area (Å²) in [6, 6.07) is 0.253. The lowest BCUT2D eigenvalue weighted by atomic mass is 9.98. The molecule has 1 heterocycles. The Morgan fingerprint density at radius 3 is 2.69 bits per heavy atom. The van der Waals surface area contributed by atoms with Gasteiger partial charge in [-0.25, -0.2) is 0 Å². The molecular weight excluding hydrogens is 166 g/mol. The number of hydrogen-bond acceptors (Lipinski definition) is 4. The second kappa shape index (κ2) is 4.91. The first-order chi connectivity index (χ1) is 6.15. The fourth-order valence-corrected chi connectivity index (χ4v) is 1.76. The Hall–Kier alpha value is -0.160. The standard InChI is InChI=1S/C9H21N3O/c1-7(2)9(11-10)8-6-12(3)4-5-13-8/h7-9,11H,4-6,10H2,1-3H3. The van der Waals surface area contributed by atoms with E-state index in [4.69, 9.17) is 10.6 Å². The number of likely N-dealkylation sites (N-methyl/N-ethyl adjacent to an activating group) is 1. The third-order valence-electron chi connectivity index (χ3n) is 2.61. The molecule has 3 N–H and O–H groups in total. The van der Waals surface area contributed by atoms with E-state index in [0.29, 0.717) is 5.92 Å². The molecule has 78 valence electrons. The van der Waals surface area contributed by atoms with Gasteiger partial charge in [0.25, 0.3) is 0 Å². The molecular formula is C9H21N3O. The van der Waals surface area contributed by atoms with Crippen LogP contribution >= 0.6 is 0 Å². The average Bonchev–Trinajstić information content (AvgIpc) is 2.04. The Labute approximate surface area is 80.4 Å². The van der Waals surface area contributed by atoms with Crippen LogP contribution < -0.4 is 11.3 Å². The van der Waals surface area contributed by atoms with Crippen LogP contribution in [-0.4, -0.2) is 43.8 Å². The third kappa shape index (κ3) is 2.91. The highest BCUT2D eigenvalue weighted by atomic mass is 16.5. The molecule has 2 unspecified atom stereocenters. The van der Waals surface area contributed by atoms with Gasteiger partial charge >= 0.3 is 0 Å². The molecule has 1 saturated heterocycles. The summed E-state index contributed by atoms with van der Waals surface area (Å²) in [6.07, 6.45) is 0.226. The van der Waals surface area contributed by atoms with Crippen molar-refractivity contribution in [3.63, 3.8) is 0 Å². The molecule has 0 saturated carbocycles. The molecule has 0 bridgehead atoms. The van der Waals surface area contributed by atoms with Crippen molar-refractivity contribution < 1.29 is 4.74 Å². The first kappa shape index (κ1) is 10.9. The number of hydrogen-bond donors (Lipinski definition) is 2. The van der Waals surface area contributed by atoms with Gasteiger partial charge in [0, 0.05) is 13.1 Å². The summed E-state index contributed by atoms with van der Waals surface area (Å²) in [7, 11) is 2.11. The third-order valence-corrected chi connectivity index (χ3v) is 2.61. The van der Waals surface area contributed by atoms with Crippen LogP contribution in [0.2, 0.25) is 0 Å². The van der Waals surface area contributed by atoms with E-state index in [0.717, 1.165) is 19.7 Å². The summed E-state index contributed by atoms with van der Waals surface area (Å²) >= 11 is 0. The van der Waals surface area contributed by atoms with Crippen molar-refractivity contribution in [3.8, 4) is 0 Å². The highest BCUT2D eigenvalue weighted by Gasteiger charge is 2.27. The van der Waals surface area contributed by atoms with E-state index in [-0.39, 0.29) is 12.1 Å². The van der Waals surface area contributed by atoms with Gasteiger partial charge in [0.2, 0.25) is 0 Å². The van der Waals surface area contributed by atoms with E-state index < -0.39 is 0 Å². The van der Waals surface area contributed by atoms with Crippen LogP contribution in [0, 0.1) is 5.92 Å². The summed E-state index contributed by atoms with van der Waals surface area (Å²) in [5.41, 5.74) is 2.84. The van der Waals surface area contributed by atoms with Gasteiger partial charge in [-0.05, 0) is 13.0 Å². The minimum atomic E-state index is 0.226. The quantitative estimate of drug-likeness (QED) is 0.475. The Morgan fingerprint density at radius 2 is 2.23 bits per heavy atom. The number of rotatable bonds is 3. The Morgan fingerprint density at radius 1 is 1.54 bits per heavy atom. The lowest BCUT2D eigenvalue weighted by Gasteiger charge is -2.36. The van der Waals surface area contributed by atoms with Gasteiger partial charge in [0.15, 0.2) is 0 Å². The predicted octanol–water partition coefficient (Wildman–Crippen LogP) is -0.195. The molecule has 0 aliphatic carbocycles. The number of morpholine rings is 1. The van der Waals surface area contributed by atoms with Gasteiger partial charge < -0.3 is 9.64 Å². The number of hydrazine groups is 1. The Bertz CT molecular complexity index is 152. The van der Waals surface area contributed by atoms with E-state index in [1.54, 1.807) is 0 Å². The van der Waals surface area contributed by atoms with Crippen molar-refractivity contribution >= 4 is 0 Å². The predicted molar refractivity (Wildman–Crippen MR) is 53.2 cm³/mol. The highest BCUT2D eigenvalue weighted by molar-refractivity contribution is 4.82. The lowest BCUT2D eigenvalue weighted by Crippen LogP contribution is -2.55. The van der Waals surface area contributed by atoms with Gasteiger partial charge in [-0.1, -0.05) is 13.8 Å². The Balaban J connectivity index is 2.47. The molecule has 0 radical (unpaired) electrons. The molecule has 1 aliphatic rings. The molecule has 2 atom stereocenters. The van der Waals surface area contributed by atoms with E-state index in [1.807, 2.05) is 0 Å². The molecule has 1 aliphatic heterocycles. The maximum absolute atomic E-state index is 5.68. The van der Waals surface area contributed by atoms with Crippen LogP contribution in [0.1, 0.15) is 13.8 Å². The van der Waals surface area contributed by atoms with Crippen molar-refractivity contribution in [1.82, 2.24) is 10.3 Å². The topological polar surface area (TPSA) is 50.5 Å². The van der Waals surface area contributed by atoms with E-state index in [2.05, 4.69) is 31.2 Å². The van der Waals surface area contributed by atoms with Gasteiger partial charge in [0.05, 0.1) is 18.8 Å². The van der Waals surface area contributed by atoms with Crippen LogP contribution in [0.25, 0.3) is 0 Å². The normalized spacial score (nSPS) is 27.9. The van der Waals surface area contributed by atoms with Gasteiger partial charge in [-0.15, -0.1) is 0 Å². The van der Waals surface area contributed by atoms with Crippen molar-refractivity contribution in [2.45, 2.75) is 26.0 Å². The van der Waals surface area contributed by atoms with Crippen LogP contribution in [0.5, 0.6) is 0 Å². The molecule has 1 rings (SSSR count). The number of ether oxygens (including phenoxy) is 1. The number of nitrogens with zero attached hydrogens (tertiary/aromatic N) is 1. The zero-order valence-corrected chi connectivity index (χ0v) is 8.79. The highest BCUT2D eigenvalue weighted by Crippen LogP contribution is 2.13. The molecule has 4 heteroatoms. The summed E-state index contributed by atoms with van der Waals surface area (Å²) in [5, 5.41) is 0. The summed E-state index contributed by atoms with van der Waals surface area (Å²) in [5.74, 6) is 6.00. The zero-order chi connectivity index (χ0) is 9.84. The average molecular weight is 187 g/mol. The van der Waals surface area contributed by atoms with Crippen LogP contribution in [0.15, 0.2) is 0 Å². The van der Waals surface area contributed by atoms with Crippen molar-refractivity contribution in [2.75, 3.05) is 26.7 Å². The summed E-state index contributed by atoms with van der Waals surface area (Å²) < 4.78 is 5.68. The minimum Gasteiger partial charge on any atom is -0.374 e. The van der Waals surface area contributed by atoms with Gasteiger partial charge in [-0.3, -0.25) is 11.3 Å². The largest absolute Gasteiger partial charge is 0.374 e. The van der Waals surface area contributed by atoms with E-state index in [1.165, 1.54) is 0 Å². The fourth-order valence-electron chi connectivity index (χ4n) is 1.76.